The highest BCUT2D eigenvalue weighted by Crippen LogP contribution is 2.23. The SMILES string of the molecule is C=CCSc1cc[nH]c1CCCCC. The van der Waals surface area contributed by atoms with Crippen LogP contribution in [0.25, 0.3) is 0 Å². The highest BCUT2D eigenvalue weighted by molar-refractivity contribution is 7.99. The number of aryl methyl sites for hydroxylation is 1. The molecule has 1 heterocycles. The van der Waals surface area contributed by atoms with Gasteiger partial charge in [0.2, 0.25) is 0 Å². The number of rotatable bonds is 7. The fourth-order valence-corrected chi connectivity index (χ4v) is 2.22. The second-order valence-electron chi connectivity index (χ2n) is 3.38. The highest BCUT2D eigenvalue weighted by atomic mass is 32.2. The number of H-pyrrole nitrogens is 1. The lowest BCUT2D eigenvalue weighted by atomic mass is 10.2. The van der Waals surface area contributed by atoms with Crippen molar-refractivity contribution in [3.63, 3.8) is 0 Å². The van der Waals surface area contributed by atoms with E-state index in [1.54, 1.807) is 0 Å². The van der Waals surface area contributed by atoms with Crippen molar-refractivity contribution in [3.05, 3.63) is 30.6 Å². The van der Waals surface area contributed by atoms with E-state index in [1.807, 2.05) is 24.0 Å². The van der Waals surface area contributed by atoms with Gasteiger partial charge < -0.3 is 4.98 Å². The van der Waals surface area contributed by atoms with Gasteiger partial charge >= 0.3 is 0 Å². The van der Waals surface area contributed by atoms with E-state index >= 15 is 0 Å². The number of thioether (sulfide) groups is 1. The van der Waals surface area contributed by atoms with Gasteiger partial charge in [0.1, 0.15) is 0 Å². The largest absolute Gasteiger partial charge is 0.364 e. The Hall–Kier alpha value is -0.630. The monoisotopic (exact) mass is 209 g/mol. The Balaban J connectivity index is 2.40. The standard InChI is InChI=1S/C12H19NS/c1-3-5-6-7-11-12(8-9-13-11)14-10-4-2/h4,8-9,13H,2-3,5-7,10H2,1H3. The predicted molar refractivity (Wildman–Crippen MR) is 64.9 cm³/mol. The Bertz CT molecular complexity index is 265. The summed E-state index contributed by atoms with van der Waals surface area (Å²) in [6.07, 6.45) is 9.07. The molecule has 78 valence electrons. The van der Waals surface area contributed by atoms with E-state index in [4.69, 9.17) is 0 Å². The molecule has 0 bridgehead atoms. The molecule has 1 N–H and O–H groups in total. The Morgan fingerprint density at radius 2 is 2.36 bits per heavy atom. The van der Waals surface area contributed by atoms with Crippen molar-refractivity contribution in [2.24, 2.45) is 0 Å². The van der Waals surface area contributed by atoms with Gasteiger partial charge in [-0.2, -0.15) is 0 Å². The quantitative estimate of drug-likeness (QED) is 0.407. The molecule has 0 atom stereocenters. The second kappa shape index (κ2) is 6.77. The molecule has 0 saturated carbocycles. The van der Waals surface area contributed by atoms with Crippen LogP contribution < -0.4 is 0 Å². The van der Waals surface area contributed by atoms with Crippen LogP contribution in [0.15, 0.2) is 29.8 Å². The molecule has 0 spiro atoms. The Morgan fingerprint density at radius 1 is 1.50 bits per heavy atom. The van der Waals surface area contributed by atoms with Gasteiger partial charge in [0.05, 0.1) is 0 Å². The molecule has 0 amide bonds. The molecule has 1 rings (SSSR count). The van der Waals surface area contributed by atoms with Crippen LogP contribution in [0.5, 0.6) is 0 Å². The fraction of sp³-hybridized carbons (Fsp3) is 0.500. The summed E-state index contributed by atoms with van der Waals surface area (Å²) >= 11 is 1.86. The first-order valence-electron chi connectivity index (χ1n) is 5.28. The third-order valence-electron chi connectivity index (χ3n) is 2.18. The number of hydrogen-bond acceptors (Lipinski definition) is 1. The van der Waals surface area contributed by atoms with Gasteiger partial charge in [0, 0.05) is 22.5 Å². The van der Waals surface area contributed by atoms with Gasteiger partial charge in [0.25, 0.3) is 0 Å². The average Bonchev–Trinajstić information content (AvgIpc) is 2.63. The van der Waals surface area contributed by atoms with Crippen LogP contribution in [0.1, 0.15) is 31.9 Å². The molecule has 0 aliphatic heterocycles. The van der Waals surface area contributed by atoms with Gasteiger partial charge in [-0.15, -0.1) is 18.3 Å². The Kier molecular flexibility index (Phi) is 5.53. The van der Waals surface area contributed by atoms with Crippen LogP contribution in [0.2, 0.25) is 0 Å². The summed E-state index contributed by atoms with van der Waals surface area (Å²) in [7, 11) is 0. The summed E-state index contributed by atoms with van der Waals surface area (Å²) < 4.78 is 0. The molecule has 0 aliphatic rings. The molecule has 0 fully saturated rings. The van der Waals surface area contributed by atoms with Gasteiger partial charge in [-0.3, -0.25) is 0 Å². The molecule has 0 saturated heterocycles. The first-order chi connectivity index (χ1) is 6.88. The number of nitrogens with one attached hydrogen (secondary N) is 1. The van der Waals surface area contributed by atoms with Crippen LogP contribution in [-0.2, 0) is 6.42 Å². The molecule has 1 aromatic heterocycles. The van der Waals surface area contributed by atoms with E-state index in [9.17, 15) is 0 Å². The zero-order valence-electron chi connectivity index (χ0n) is 8.88. The van der Waals surface area contributed by atoms with E-state index in [2.05, 4.69) is 24.6 Å². The second-order valence-corrected chi connectivity index (χ2v) is 4.44. The van der Waals surface area contributed by atoms with Crippen molar-refractivity contribution in [1.82, 2.24) is 4.98 Å². The van der Waals surface area contributed by atoms with Crippen LogP contribution in [0.3, 0.4) is 0 Å². The lowest BCUT2D eigenvalue weighted by Gasteiger charge is -2.01. The zero-order valence-corrected chi connectivity index (χ0v) is 9.70. The number of hydrogen-bond donors (Lipinski definition) is 1. The lowest BCUT2D eigenvalue weighted by Crippen LogP contribution is -1.87. The van der Waals surface area contributed by atoms with Gasteiger partial charge in [-0.1, -0.05) is 25.8 Å². The van der Waals surface area contributed by atoms with Gasteiger partial charge in [0.15, 0.2) is 0 Å². The van der Waals surface area contributed by atoms with Crippen molar-refractivity contribution in [1.29, 1.82) is 0 Å². The maximum Gasteiger partial charge on any atom is 0.0285 e. The molecular weight excluding hydrogens is 190 g/mol. The summed E-state index contributed by atoms with van der Waals surface area (Å²) in [6.45, 7) is 5.97. The van der Waals surface area contributed by atoms with Crippen molar-refractivity contribution in [3.8, 4) is 0 Å². The van der Waals surface area contributed by atoms with Crippen molar-refractivity contribution in [2.75, 3.05) is 5.75 Å². The maximum absolute atomic E-state index is 3.73. The number of aromatic nitrogens is 1. The van der Waals surface area contributed by atoms with Crippen molar-refractivity contribution >= 4 is 11.8 Å². The third-order valence-corrected chi connectivity index (χ3v) is 3.27. The fourth-order valence-electron chi connectivity index (χ4n) is 1.42. The van der Waals surface area contributed by atoms with Crippen molar-refractivity contribution < 1.29 is 0 Å². The first-order valence-corrected chi connectivity index (χ1v) is 6.27. The normalized spacial score (nSPS) is 10.4. The Labute approximate surface area is 91.0 Å². The molecule has 0 radical (unpaired) electrons. The van der Waals surface area contributed by atoms with Gasteiger partial charge in [-0.25, -0.2) is 0 Å². The highest BCUT2D eigenvalue weighted by Gasteiger charge is 2.02. The van der Waals surface area contributed by atoms with E-state index in [0.717, 1.165) is 5.75 Å². The zero-order chi connectivity index (χ0) is 10.2. The molecule has 0 aliphatic carbocycles. The topological polar surface area (TPSA) is 15.8 Å². The van der Waals surface area contributed by atoms with Crippen LogP contribution >= 0.6 is 11.8 Å². The molecule has 1 nitrogen and oxygen atoms in total. The molecule has 0 unspecified atom stereocenters. The minimum atomic E-state index is 0.999. The summed E-state index contributed by atoms with van der Waals surface area (Å²) in [5.41, 5.74) is 1.39. The molecule has 14 heavy (non-hydrogen) atoms. The van der Waals surface area contributed by atoms with E-state index in [-0.39, 0.29) is 0 Å². The molecule has 2 heteroatoms. The maximum atomic E-state index is 3.73. The number of aromatic amines is 1. The van der Waals surface area contributed by atoms with E-state index < -0.39 is 0 Å². The van der Waals surface area contributed by atoms with Crippen molar-refractivity contribution in [2.45, 2.75) is 37.5 Å². The summed E-state index contributed by atoms with van der Waals surface area (Å²) in [5, 5.41) is 0. The average molecular weight is 209 g/mol. The van der Waals surface area contributed by atoms with E-state index in [1.165, 1.54) is 36.3 Å². The summed E-state index contributed by atoms with van der Waals surface area (Å²) in [6, 6.07) is 2.16. The molecule has 0 aromatic carbocycles. The molecule has 1 aromatic rings. The lowest BCUT2D eigenvalue weighted by molar-refractivity contribution is 0.704. The Morgan fingerprint density at radius 3 is 3.07 bits per heavy atom. The van der Waals surface area contributed by atoms with Crippen LogP contribution in [0, 0.1) is 0 Å². The number of unbranched alkanes of at least 4 members (excludes halogenated alkanes) is 2. The minimum Gasteiger partial charge on any atom is -0.364 e. The minimum absolute atomic E-state index is 0.999. The molecular formula is C12H19NS. The summed E-state index contributed by atoms with van der Waals surface area (Å²) in [5.74, 6) is 0.999. The van der Waals surface area contributed by atoms with Crippen LogP contribution in [-0.4, -0.2) is 10.7 Å². The summed E-state index contributed by atoms with van der Waals surface area (Å²) in [4.78, 5) is 4.71. The third kappa shape index (κ3) is 3.62. The van der Waals surface area contributed by atoms with Gasteiger partial charge in [-0.05, 0) is 18.9 Å². The van der Waals surface area contributed by atoms with Crippen LogP contribution in [0.4, 0.5) is 0 Å². The first kappa shape index (κ1) is 11.4. The smallest absolute Gasteiger partial charge is 0.0285 e. The predicted octanol–water partition coefficient (Wildman–Crippen LogP) is 4.03. The van der Waals surface area contributed by atoms with E-state index in [0.29, 0.717) is 0 Å².